The summed E-state index contributed by atoms with van der Waals surface area (Å²) in [5, 5.41) is 0. The number of hydrogen-bond donors (Lipinski definition) is 0. The molecule has 1 heterocycles. The topological polar surface area (TPSA) is 54.5 Å². The first kappa shape index (κ1) is 13.5. The van der Waals surface area contributed by atoms with Crippen molar-refractivity contribution < 1.29 is 13.2 Å². The van der Waals surface area contributed by atoms with Gasteiger partial charge >= 0.3 is 0 Å². The highest BCUT2D eigenvalue weighted by molar-refractivity contribution is 9.10. The van der Waals surface area contributed by atoms with Crippen molar-refractivity contribution in [1.29, 1.82) is 0 Å². The maximum absolute atomic E-state index is 12.2. The van der Waals surface area contributed by atoms with Crippen molar-refractivity contribution in [3.8, 4) is 0 Å². The molecule has 98 valence electrons. The third-order valence-electron chi connectivity index (χ3n) is 3.17. The minimum Gasteiger partial charge on any atom is -0.338 e. The normalized spacial score (nSPS) is 21.8. The number of nitrogens with zero attached hydrogens (tertiary/aromatic N) is 1. The molecule has 0 aliphatic carbocycles. The molecule has 1 atom stereocenters. The van der Waals surface area contributed by atoms with Gasteiger partial charge in [0.15, 0.2) is 9.84 Å². The molecule has 0 unspecified atom stereocenters. The van der Waals surface area contributed by atoms with Crippen LogP contribution in [0.2, 0.25) is 0 Å². The van der Waals surface area contributed by atoms with Gasteiger partial charge in [0.2, 0.25) is 0 Å². The van der Waals surface area contributed by atoms with Crippen LogP contribution in [0.1, 0.15) is 16.8 Å². The molecule has 0 spiro atoms. The van der Waals surface area contributed by atoms with Crippen molar-refractivity contribution in [2.45, 2.75) is 12.5 Å². The highest BCUT2D eigenvalue weighted by atomic mass is 79.9. The number of benzene rings is 1. The van der Waals surface area contributed by atoms with Crippen LogP contribution in [0, 0.1) is 0 Å². The van der Waals surface area contributed by atoms with Crippen LogP contribution in [0.4, 0.5) is 0 Å². The van der Waals surface area contributed by atoms with E-state index in [9.17, 15) is 13.2 Å². The average Bonchev–Trinajstić information content (AvgIpc) is 2.69. The summed E-state index contributed by atoms with van der Waals surface area (Å²) in [6.07, 6.45) is 0.529. The minimum absolute atomic E-state index is 0.0752. The quantitative estimate of drug-likeness (QED) is 0.828. The highest BCUT2D eigenvalue weighted by Crippen LogP contribution is 2.19. The molecule has 1 amide bonds. The van der Waals surface area contributed by atoms with Gasteiger partial charge in [-0.1, -0.05) is 15.9 Å². The standard InChI is InChI=1S/C12H14BrNO3S/c1-14(11-6-7-18(16,17)8-11)12(15)9-2-4-10(13)5-3-9/h2-5,11H,6-8H2,1H3/t11-/m1/s1. The molecule has 1 fully saturated rings. The molecule has 2 rings (SSSR count). The summed E-state index contributed by atoms with van der Waals surface area (Å²) in [4.78, 5) is 13.7. The maximum Gasteiger partial charge on any atom is 0.253 e. The van der Waals surface area contributed by atoms with E-state index in [1.807, 2.05) is 0 Å². The summed E-state index contributed by atoms with van der Waals surface area (Å²) < 4.78 is 23.7. The fraction of sp³-hybridized carbons (Fsp3) is 0.417. The number of carbonyl (C=O) groups is 1. The number of sulfone groups is 1. The largest absolute Gasteiger partial charge is 0.338 e. The smallest absolute Gasteiger partial charge is 0.253 e. The third kappa shape index (κ3) is 2.92. The Bertz CT molecular complexity index is 553. The molecule has 1 aliphatic rings. The zero-order valence-corrected chi connectivity index (χ0v) is 12.4. The average molecular weight is 332 g/mol. The van der Waals surface area contributed by atoms with E-state index >= 15 is 0 Å². The first-order valence-electron chi connectivity index (χ1n) is 5.62. The number of amides is 1. The summed E-state index contributed by atoms with van der Waals surface area (Å²) >= 11 is 3.31. The Labute approximate surface area is 115 Å². The van der Waals surface area contributed by atoms with Crippen LogP contribution in [0.15, 0.2) is 28.7 Å². The van der Waals surface area contributed by atoms with Crippen LogP contribution < -0.4 is 0 Å². The maximum atomic E-state index is 12.2. The molecule has 0 saturated carbocycles. The van der Waals surface area contributed by atoms with Crippen molar-refractivity contribution in [2.24, 2.45) is 0 Å². The summed E-state index contributed by atoms with van der Waals surface area (Å²) in [6, 6.07) is 6.85. The molecule has 1 aromatic rings. The zero-order valence-electron chi connectivity index (χ0n) is 9.97. The van der Waals surface area contributed by atoms with E-state index in [1.54, 1.807) is 31.3 Å². The zero-order chi connectivity index (χ0) is 13.3. The van der Waals surface area contributed by atoms with E-state index in [0.29, 0.717) is 12.0 Å². The number of rotatable bonds is 2. The second-order valence-corrected chi connectivity index (χ2v) is 7.62. The molecule has 18 heavy (non-hydrogen) atoms. The lowest BCUT2D eigenvalue weighted by molar-refractivity contribution is 0.0747. The fourth-order valence-electron chi connectivity index (χ4n) is 2.04. The highest BCUT2D eigenvalue weighted by Gasteiger charge is 2.32. The van der Waals surface area contributed by atoms with E-state index in [-0.39, 0.29) is 23.5 Å². The number of hydrogen-bond acceptors (Lipinski definition) is 3. The van der Waals surface area contributed by atoms with Gasteiger partial charge in [0.25, 0.3) is 5.91 Å². The Morgan fingerprint density at radius 2 is 1.94 bits per heavy atom. The van der Waals surface area contributed by atoms with E-state index < -0.39 is 9.84 Å². The second-order valence-electron chi connectivity index (χ2n) is 4.48. The van der Waals surface area contributed by atoms with Crippen LogP contribution in [-0.2, 0) is 9.84 Å². The molecule has 4 nitrogen and oxygen atoms in total. The Morgan fingerprint density at radius 1 is 1.33 bits per heavy atom. The van der Waals surface area contributed by atoms with Crippen molar-refractivity contribution in [3.05, 3.63) is 34.3 Å². The van der Waals surface area contributed by atoms with Gasteiger partial charge in [-0.2, -0.15) is 0 Å². The van der Waals surface area contributed by atoms with Crippen molar-refractivity contribution >= 4 is 31.7 Å². The summed E-state index contributed by atoms with van der Waals surface area (Å²) in [7, 11) is -1.30. The Hall–Kier alpha value is -0.880. The van der Waals surface area contributed by atoms with Crippen LogP contribution in [-0.4, -0.2) is 43.8 Å². The van der Waals surface area contributed by atoms with E-state index in [0.717, 1.165) is 4.47 Å². The molecular weight excluding hydrogens is 318 g/mol. The van der Waals surface area contributed by atoms with Gasteiger partial charge in [-0.15, -0.1) is 0 Å². The Morgan fingerprint density at radius 3 is 2.44 bits per heavy atom. The molecular formula is C12H14BrNO3S. The molecule has 1 aliphatic heterocycles. The summed E-state index contributed by atoms with van der Waals surface area (Å²) in [5.41, 5.74) is 0.574. The predicted molar refractivity (Wildman–Crippen MR) is 73.3 cm³/mol. The molecule has 0 aromatic heterocycles. The van der Waals surface area contributed by atoms with E-state index in [2.05, 4.69) is 15.9 Å². The van der Waals surface area contributed by atoms with Gasteiger partial charge < -0.3 is 4.90 Å². The van der Waals surface area contributed by atoms with Gasteiger partial charge in [0, 0.05) is 23.1 Å². The van der Waals surface area contributed by atoms with E-state index in [4.69, 9.17) is 0 Å². The first-order chi connectivity index (χ1) is 8.39. The van der Waals surface area contributed by atoms with Gasteiger partial charge in [-0.3, -0.25) is 4.79 Å². The summed E-state index contributed by atoms with van der Waals surface area (Å²) in [6.45, 7) is 0. The SMILES string of the molecule is CN(C(=O)c1ccc(Br)cc1)[C@@H]1CCS(=O)(=O)C1. The van der Waals surface area contributed by atoms with Crippen LogP contribution in [0.25, 0.3) is 0 Å². The lowest BCUT2D eigenvalue weighted by atomic mass is 10.1. The molecule has 0 N–H and O–H groups in total. The lowest BCUT2D eigenvalue weighted by Crippen LogP contribution is -2.37. The van der Waals surface area contributed by atoms with Crippen molar-refractivity contribution in [1.82, 2.24) is 4.90 Å². The van der Waals surface area contributed by atoms with E-state index in [1.165, 1.54) is 4.90 Å². The Balaban J connectivity index is 2.12. The van der Waals surface area contributed by atoms with Gasteiger partial charge in [0.05, 0.1) is 11.5 Å². The van der Waals surface area contributed by atoms with Crippen LogP contribution >= 0.6 is 15.9 Å². The summed E-state index contributed by atoms with van der Waals surface area (Å²) in [5.74, 6) is 0.117. The van der Waals surface area contributed by atoms with Crippen LogP contribution in [0.3, 0.4) is 0 Å². The second kappa shape index (κ2) is 5.01. The molecule has 1 saturated heterocycles. The third-order valence-corrected chi connectivity index (χ3v) is 5.45. The fourth-order valence-corrected chi connectivity index (χ4v) is 4.08. The molecule has 6 heteroatoms. The monoisotopic (exact) mass is 331 g/mol. The predicted octanol–water partition coefficient (Wildman–Crippen LogP) is 1.71. The van der Waals surface area contributed by atoms with Gasteiger partial charge in [-0.05, 0) is 30.7 Å². The number of carbonyl (C=O) groups excluding carboxylic acids is 1. The van der Waals surface area contributed by atoms with Crippen molar-refractivity contribution in [3.63, 3.8) is 0 Å². The number of halogens is 1. The van der Waals surface area contributed by atoms with Gasteiger partial charge in [-0.25, -0.2) is 8.42 Å². The molecule has 0 bridgehead atoms. The van der Waals surface area contributed by atoms with Gasteiger partial charge in [0.1, 0.15) is 0 Å². The Kier molecular flexibility index (Phi) is 3.77. The lowest BCUT2D eigenvalue weighted by Gasteiger charge is -2.23. The van der Waals surface area contributed by atoms with Crippen molar-refractivity contribution in [2.75, 3.05) is 18.6 Å². The minimum atomic E-state index is -2.96. The molecule has 1 aromatic carbocycles. The molecule has 0 radical (unpaired) electrons. The first-order valence-corrected chi connectivity index (χ1v) is 8.24. The van der Waals surface area contributed by atoms with Crippen LogP contribution in [0.5, 0.6) is 0 Å².